The molecule has 4 nitrogen and oxygen atoms in total. The summed E-state index contributed by atoms with van der Waals surface area (Å²) in [6.45, 7) is 3.31. The van der Waals surface area contributed by atoms with Gasteiger partial charge in [-0.2, -0.15) is 0 Å². The van der Waals surface area contributed by atoms with Gasteiger partial charge in [0.1, 0.15) is 0 Å². The van der Waals surface area contributed by atoms with Crippen LogP contribution in [0, 0.1) is 0 Å². The molecule has 0 radical (unpaired) electrons. The van der Waals surface area contributed by atoms with Crippen molar-refractivity contribution in [3.05, 3.63) is 42.1 Å². The van der Waals surface area contributed by atoms with Crippen molar-refractivity contribution in [1.29, 1.82) is 0 Å². The van der Waals surface area contributed by atoms with E-state index >= 15 is 0 Å². The summed E-state index contributed by atoms with van der Waals surface area (Å²) in [5.41, 5.74) is 1.97. The lowest BCUT2D eigenvalue weighted by Gasteiger charge is -2.08. The standard InChI is InChI=1S/C15H19N3O/c1-2-3-9-17-15(19)18-11-13-7-4-6-12-8-5-10-16-14(12)13/h4-8,10H,2-3,9,11H2,1H3,(H2,17,18,19). The minimum Gasteiger partial charge on any atom is -0.338 e. The number of rotatable bonds is 5. The summed E-state index contributed by atoms with van der Waals surface area (Å²) in [4.78, 5) is 15.9. The van der Waals surface area contributed by atoms with E-state index in [4.69, 9.17) is 0 Å². The summed E-state index contributed by atoms with van der Waals surface area (Å²) >= 11 is 0. The van der Waals surface area contributed by atoms with E-state index in [0.717, 1.165) is 35.9 Å². The van der Waals surface area contributed by atoms with Crippen LogP contribution in [0.25, 0.3) is 10.9 Å². The van der Waals surface area contributed by atoms with Gasteiger partial charge in [0.05, 0.1) is 5.52 Å². The number of urea groups is 1. The normalized spacial score (nSPS) is 10.4. The number of carbonyl (C=O) groups is 1. The Labute approximate surface area is 113 Å². The average molecular weight is 257 g/mol. The molecule has 0 aliphatic carbocycles. The van der Waals surface area contributed by atoms with Gasteiger partial charge in [0.2, 0.25) is 0 Å². The van der Waals surface area contributed by atoms with Gasteiger partial charge in [-0.1, -0.05) is 37.6 Å². The first-order chi connectivity index (χ1) is 9.31. The zero-order chi connectivity index (χ0) is 13.5. The molecule has 19 heavy (non-hydrogen) atoms. The number of unbranched alkanes of at least 4 members (excludes halogenated alkanes) is 1. The molecule has 0 atom stereocenters. The Bertz CT molecular complexity index is 549. The number of hydrogen-bond acceptors (Lipinski definition) is 2. The van der Waals surface area contributed by atoms with Gasteiger partial charge in [-0.3, -0.25) is 4.98 Å². The molecule has 0 saturated carbocycles. The molecule has 2 amide bonds. The first kappa shape index (κ1) is 13.3. The Morgan fingerprint density at radius 1 is 1.21 bits per heavy atom. The monoisotopic (exact) mass is 257 g/mol. The number of nitrogens with one attached hydrogen (secondary N) is 2. The number of hydrogen-bond donors (Lipinski definition) is 2. The summed E-state index contributed by atoms with van der Waals surface area (Å²) in [6.07, 6.45) is 3.85. The number of aromatic nitrogens is 1. The number of pyridine rings is 1. The van der Waals surface area contributed by atoms with E-state index in [-0.39, 0.29) is 6.03 Å². The molecule has 0 fully saturated rings. The molecule has 2 aromatic rings. The molecule has 2 N–H and O–H groups in total. The Hall–Kier alpha value is -2.10. The van der Waals surface area contributed by atoms with Crippen molar-refractivity contribution in [3.8, 4) is 0 Å². The highest BCUT2D eigenvalue weighted by Crippen LogP contribution is 2.15. The van der Waals surface area contributed by atoms with E-state index in [1.165, 1.54) is 0 Å². The van der Waals surface area contributed by atoms with Crippen molar-refractivity contribution < 1.29 is 4.79 Å². The second-order valence-corrected chi connectivity index (χ2v) is 4.46. The molecule has 100 valence electrons. The van der Waals surface area contributed by atoms with E-state index in [0.29, 0.717) is 6.54 Å². The van der Waals surface area contributed by atoms with Gasteiger partial charge in [-0.15, -0.1) is 0 Å². The third kappa shape index (κ3) is 3.68. The molecule has 1 aromatic carbocycles. The topological polar surface area (TPSA) is 54.0 Å². The van der Waals surface area contributed by atoms with Gasteiger partial charge in [0.25, 0.3) is 0 Å². The predicted molar refractivity (Wildman–Crippen MR) is 76.9 cm³/mol. The van der Waals surface area contributed by atoms with Crippen LogP contribution < -0.4 is 10.6 Å². The molecule has 1 heterocycles. The van der Waals surface area contributed by atoms with Crippen LogP contribution in [0.1, 0.15) is 25.3 Å². The Morgan fingerprint density at radius 3 is 2.89 bits per heavy atom. The third-order valence-corrected chi connectivity index (χ3v) is 2.97. The maximum atomic E-state index is 11.6. The van der Waals surface area contributed by atoms with Crippen molar-refractivity contribution in [3.63, 3.8) is 0 Å². The molecule has 0 saturated heterocycles. The maximum Gasteiger partial charge on any atom is 0.315 e. The smallest absolute Gasteiger partial charge is 0.315 e. The highest BCUT2D eigenvalue weighted by atomic mass is 16.2. The van der Waals surface area contributed by atoms with Crippen LogP contribution in [0.2, 0.25) is 0 Å². The Kier molecular flexibility index (Phi) is 4.72. The van der Waals surface area contributed by atoms with Crippen molar-refractivity contribution >= 4 is 16.9 Å². The summed E-state index contributed by atoms with van der Waals surface area (Å²) in [5, 5.41) is 6.78. The van der Waals surface area contributed by atoms with E-state index in [9.17, 15) is 4.79 Å². The highest BCUT2D eigenvalue weighted by molar-refractivity contribution is 5.82. The molecule has 0 spiro atoms. The van der Waals surface area contributed by atoms with E-state index in [2.05, 4.69) is 22.5 Å². The van der Waals surface area contributed by atoms with Gasteiger partial charge in [0, 0.05) is 24.7 Å². The number of fused-ring (bicyclic) bond motifs is 1. The summed E-state index contributed by atoms with van der Waals surface area (Å²) < 4.78 is 0. The second-order valence-electron chi connectivity index (χ2n) is 4.46. The fourth-order valence-electron chi connectivity index (χ4n) is 1.93. The number of amides is 2. The first-order valence-corrected chi connectivity index (χ1v) is 6.65. The fraction of sp³-hybridized carbons (Fsp3) is 0.333. The van der Waals surface area contributed by atoms with Crippen LogP contribution in [0.4, 0.5) is 4.79 Å². The van der Waals surface area contributed by atoms with Gasteiger partial charge >= 0.3 is 6.03 Å². The van der Waals surface area contributed by atoms with E-state index in [1.54, 1.807) is 6.20 Å². The van der Waals surface area contributed by atoms with Crippen LogP contribution in [0.15, 0.2) is 36.5 Å². The summed E-state index contributed by atoms with van der Waals surface area (Å²) in [5.74, 6) is 0. The van der Waals surface area contributed by atoms with Crippen LogP contribution in [0.5, 0.6) is 0 Å². The van der Waals surface area contributed by atoms with Crippen molar-refractivity contribution in [2.45, 2.75) is 26.3 Å². The van der Waals surface area contributed by atoms with Gasteiger partial charge in [-0.05, 0) is 18.1 Å². The predicted octanol–water partition coefficient (Wildman–Crippen LogP) is 2.83. The molecule has 1 aromatic heterocycles. The fourth-order valence-corrected chi connectivity index (χ4v) is 1.93. The van der Waals surface area contributed by atoms with Crippen molar-refractivity contribution in [2.24, 2.45) is 0 Å². The quantitative estimate of drug-likeness (QED) is 0.809. The molecule has 0 aliphatic rings. The Morgan fingerprint density at radius 2 is 2.05 bits per heavy atom. The van der Waals surface area contributed by atoms with Crippen LogP contribution in [-0.2, 0) is 6.54 Å². The molecule has 4 heteroatoms. The number of carbonyl (C=O) groups excluding carboxylic acids is 1. The lowest BCUT2D eigenvalue weighted by Crippen LogP contribution is -2.35. The lowest BCUT2D eigenvalue weighted by atomic mass is 10.1. The summed E-state index contributed by atoms with van der Waals surface area (Å²) in [7, 11) is 0. The minimum atomic E-state index is -0.124. The van der Waals surface area contributed by atoms with Gasteiger partial charge in [-0.25, -0.2) is 4.79 Å². The molecular weight excluding hydrogens is 238 g/mol. The molecule has 0 bridgehead atoms. The van der Waals surface area contributed by atoms with Crippen molar-refractivity contribution in [1.82, 2.24) is 15.6 Å². The highest BCUT2D eigenvalue weighted by Gasteiger charge is 2.03. The number of benzene rings is 1. The average Bonchev–Trinajstić information content (AvgIpc) is 2.45. The maximum absolute atomic E-state index is 11.6. The first-order valence-electron chi connectivity index (χ1n) is 6.65. The van der Waals surface area contributed by atoms with Crippen LogP contribution in [-0.4, -0.2) is 17.6 Å². The molecule has 0 unspecified atom stereocenters. The lowest BCUT2D eigenvalue weighted by molar-refractivity contribution is 0.240. The van der Waals surface area contributed by atoms with Gasteiger partial charge < -0.3 is 10.6 Å². The van der Waals surface area contributed by atoms with Gasteiger partial charge in [0.15, 0.2) is 0 Å². The SMILES string of the molecule is CCCCNC(=O)NCc1cccc2cccnc12. The zero-order valence-electron chi connectivity index (χ0n) is 11.1. The van der Waals surface area contributed by atoms with E-state index < -0.39 is 0 Å². The van der Waals surface area contributed by atoms with Crippen LogP contribution in [0.3, 0.4) is 0 Å². The number of nitrogens with zero attached hydrogens (tertiary/aromatic N) is 1. The largest absolute Gasteiger partial charge is 0.338 e. The Balaban J connectivity index is 1.96. The third-order valence-electron chi connectivity index (χ3n) is 2.97. The number of para-hydroxylation sites is 1. The van der Waals surface area contributed by atoms with Crippen LogP contribution >= 0.6 is 0 Å². The zero-order valence-corrected chi connectivity index (χ0v) is 11.1. The summed E-state index contributed by atoms with van der Waals surface area (Å²) in [6, 6.07) is 9.80. The van der Waals surface area contributed by atoms with Crippen molar-refractivity contribution in [2.75, 3.05) is 6.54 Å². The molecule has 2 rings (SSSR count). The molecule has 0 aliphatic heterocycles. The van der Waals surface area contributed by atoms with E-state index in [1.807, 2.05) is 30.3 Å². The second kappa shape index (κ2) is 6.73. The molecular formula is C15H19N3O. The minimum absolute atomic E-state index is 0.124.